The van der Waals surface area contributed by atoms with Crippen LogP contribution in [0.4, 0.5) is 11.4 Å². The summed E-state index contributed by atoms with van der Waals surface area (Å²) in [4.78, 5) is 15.2. The third kappa shape index (κ3) is 2.19. The van der Waals surface area contributed by atoms with E-state index in [4.69, 9.17) is 0 Å². The Morgan fingerprint density at radius 1 is 1.16 bits per heavy atom. The topological polar surface area (TPSA) is 68.1 Å². The molecule has 0 radical (unpaired) electrons. The molecule has 0 aliphatic heterocycles. The van der Waals surface area contributed by atoms with Crippen LogP contribution in [0.5, 0.6) is 0 Å². The van der Waals surface area contributed by atoms with Crippen molar-refractivity contribution >= 4 is 22.3 Å². The van der Waals surface area contributed by atoms with Gasteiger partial charge in [-0.05, 0) is 53.5 Å². The molecule has 2 aliphatic rings. The van der Waals surface area contributed by atoms with Gasteiger partial charge in [0.05, 0.1) is 16.0 Å². The number of aromatic nitrogens is 1. The van der Waals surface area contributed by atoms with Gasteiger partial charge in [-0.2, -0.15) is 0 Å². The van der Waals surface area contributed by atoms with Gasteiger partial charge >= 0.3 is 0 Å². The molecule has 5 rings (SSSR count). The molecule has 1 saturated carbocycles. The van der Waals surface area contributed by atoms with Crippen molar-refractivity contribution in [2.45, 2.75) is 12.3 Å². The summed E-state index contributed by atoms with van der Waals surface area (Å²) in [7, 11) is 0. The Hall–Kier alpha value is -2.95. The number of non-ortho nitro benzene ring substituents is 1. The maximum atomic E-state index is 11.2. The van der Waals surface area contributed by atoms with Crippen molar-refractivity contribution in [2.24, 2.45) is 11.8 Å². The zero-order valence-electron chi connectivity index (χ0n) is 13.6. The second kappa shape index (κ2) is 5.28. The maximum Gasteiger partial charge on any atom is 0.278 e. The number of anilines is 1. The van der Waals surface area contributed by atoms with E-state index < -0.39 is 0 Å². The Bertz CT molecular complexity index is 1000. The summed E-state index contributed by atoms with van der Waals surface area (Å²) in [6.45, 7) is 0.882. The summed E-state index contributed by atoms with van der Waals surface area (Å²) in [6, 6.07) is 15.6. The van der Waals surface area contributed by atoms with Crippen LogP contribution in [-0.2, 0) is 6.42 Å². The number of benzene rings is 2. The Labute approximate surface area is 144 Å². The van der Waals surface area contributed by atoms with Crippen molar-refractivity contribution in [2.75, 3.05) is 11.9 Å². The minimum Gasteiger partial charge on any atom is -0.383 e. The average Bonchev–Trinajstić information content (AvgIpc) is 3.17. The Morgan fingerprint density at radius 3 is 2.92 bits per heavy atom. The molecular formula is C20H17N3O2. The van der Waals surface area contributed by atoms with Gasteiger partial charge in [0.1, 0.15) is 5.52 Å². The summed E-state index contributed by atoms with van der Waals surface area (Å²) in [6.07, 6.45) is 2.85. The first-order valence-corrected chi connectivity index (χ1v) is 8.58. The monoisotopic (exact) mass is 331 g/mol. The van der Waals surface area contributed by atoms with Gasteiger partial charge in [-0.25, -0.2) is 0 Å². The fraction of sp³-hybridized carbons (Fsp3) is 0.250. The molecule has 5 heteroatoms. The van der Waals surface area contributed by atoms with E-state index in [1.54, 1.807) is 30.5 Å². The number of nitro groups is 1. The van der Waals surface area contributed by atoms with Crippen molar-refractivity contribution in [1.82, 2.24) is 4.98 Å². The van der Waals surface area contributed by atoms with Crippen LogP contribution in [-0.4, -0.2) is 16.5 Å². The molecule has 3 aromatic rings. The maximum absolute atomic E-state index is 11.2. The molecule has 3 unspecified atom stereocenters. The second-order valence-corrected chi connectivity index (χ2v) is 6.93. The number of nitrogens with one attached hydrogen (secondary N) is 1. The number of rotatable bonds is 4. The lowest BCUT2D eigenvalue weighted by atomic mass is 10.0. The van der Waals surface area contributed by atoms with Gasteiger partial charge in [0.25, 0.3) is 5.69 Å². The number of fused-ring (bicyclic) bond motifs is 4. The van der Waals surface area contributed by atoms with Gasteiger partial charge in [0.2, 0.25) is 0 Å². The van der Waals surface area contributed by atoms with E-state index in [9.17, 15) is 10.1 Å². The number of nitrogens with zero attached hydrogens (tertiary/aromatic N) is 2. The number of pyridine rings is 1. The lowest BCUT2D eigenvalue weighted by Crippen LogP contribution is -2.09. The van der Waals surface area contributed by atoms with E-state index in [0.29, 0.717) is 22.7 Å². The zero-order chi connectivity index (χ0) is 17.0. The van der Waals surface area contributed by atoms with Crippen LogP contribution in [0.15, 0.2) is 54.7 Å². The van der Waals surface area contributed by atoms with Crippen molar-refractivity contribution in [3.63, 3.8) is 0 Å². The van der Waals surface area contributed by atoms with E-state index in [-0.39, 0.29) is 10.6 Å². The average molecular weight is 331 g/mol. The molecule has 25 heavy (non-hydrogen) atoms. The lowest BCUT2D eigenvalue weighted by molar-refractivity contribution is -0.383. The van der Waals surface area contributed by atoms with Crippen LogP contribution >= 0.6 is 0 Å². The van der Waals surface area contributed by atoms with Gasteiger partial charge in [-0.15, -0.1) is 0 Å². The largest absolute Gasteiger partial charge is 0.383 e. The number of hydrogen-bond acceptors (Lipinski definition) is 4. The molecule has 1 fully saturated rings. The fourth-order valence-electron chi connectivity index (χ4n) is 4.45. The van der Waals surface area contributed by atoms with Crippen LogP contribution < -0.4 is 5.32 Å². The third-order valence-corrected chi connectivity index (χ3v) is 5.67. The van der Waals surface area contributed by atoms with Crippen LogP contribution in [0.2, 0.25) is 0 Å². The summed E-state index contributed by atoms with van der Waals surface area (Å²) < 4.78 is 0. The molecule has 0 bridgehead atoms. The van der Waals surface area contributed by atoms with Crippen LogP contribution in [0.25, 0.3) is 10.9 Å². The highest BCUT2D eigenvalue weighted by Gasteiger charge is 2.54. The molecule has 0 saturated heterocycles. The van der Waals surface area contributed by atoms with Crippen LogP contribution in [0.1, 0.15) is 17.0 Å². The van der Waals surface area contributed by atoms with Crippen LogP contribution in [0.3, 0.4) is 0 Å². The van der Waals surface area contributed by atoms with Gasteiger partial charge in [-0.1, -0.05) is 24.3 Å². The molecule has 5 nitrogen and oxygen atoms in total. The minimum absolute atomic E-state index is 0.103. The van der Waals surface area contributed by atoms with Crippen molar-refractivity contribution in [3.8, 4) is 0 Å². The molecule has 2 aromatic carbocycles. The van der Waals surface area contributed by atoms with E-state index in [0.717, 1.165) is 18.2 Å². The third-order valence-electron chi connectivity index (χ3n) is 5.67. The molecule has 1 heterocycles. The molecule has 124 valence electrons. The van der Waals surface area contributed by atoms with E-state index >= 15 is 0 Å². The van der Waals surface area contributed by atoms with Gasteiger partial charge in [0.15, 0.2) is 0 Å². The van der Waals surface area contributed by atoms with Crippen molar-refractivity contribution in [1.29, 1.82) is 0 Å². The van der Waals surface area contributed by atoms with Gasteiger partial charge in [-0.3, -0.25) is 15.1 Å². The fourth-order valence-corrected chi connectivity index (χ4v) is 4.45. The Kier molecular flexibility index (Phi) is 3.04. The summed E-state index contributed by atoms with van der Waals surface area (Å²) in [5, 5.41) is 15.3. The first-order chi connectivity index (χ1) is 12.2. The molecule has 3 atom stereocenters. The Morgan fingerprint density at radius 2 is 2.04 bits per heavy atom. The zero-order valence-corrected chi connectivity index (χ0v) is 13.6. The first-order valence-electron chi connectivity index (χ1n) is 8.58. The number of nitro benzene ring substituents is 1. The Balaban J connectivity index is 1.38. The molecule has 2 aliphatic carbocycles. The predicted molar refractivity (Wildman–Crippen MR) is 96.8 cm³/mol. The second-order valence-electron chi connectivity index (χ2n) is 6.93. The minimum atomic E-state index is -0.351. The highest BCUT2D eigenvalue weighted by Crippen LogP contribution is 2.61. The lowest BCUT2D eigenvalue weighted by Gasteiger charge is -2.11. The van der Waals surface area contributed by atoms with Crippen LogP contribution in [0, 0.1) is 22.0 Å². The molecule has 0 amide bonds. The summed E-state index contributed by atoms with van der Waals surface area (Å²) in [5.41, 5.74) is 4.65. The van der Waals surface area contributed by atoms with Crippen molar-refractivity contribution in [3.05, 3.63) is 76.0 Å². The van der Waals surface area contributed by atoms with Gasteiger partial charge in [0, 0.05) is 18.8 Å². The normalized spacial score (nSPS) is 23.1. The summed E-state index contributed by atoms with van der Waals surface area (Å²) in [5.74, 6) is 2.05. The standard InChI is InChI=1S/C20H17N3O2/c24-23(25)18-8-7-17(20-14(18)6-3-9-21-20)22-11-16-15-10-12-4-1-2-5-13(12)19(15)16/h1-9,15-16,19,22H,10-11H2. The molecular weight excluding hydrogens is 314 g/mol. The molecule has 0 spiro atoms. The van der Waals surface area contributed by atoms with Gasteiger partial charge < -0.3 is 5.32 Å². The first kappa shape index (κ1) is 14.4. The quantitative estimate of drug-likeness (QED) is 0.576. The SMILES string of the molecule is O=[N+]([O-])c1ccc(NCC2C3Cc4ccccc4C23)c2ncccc12. The summed E-state index contributed by atoms with van der Waals surface area (Å²) >= 11 is 0. The highest BCUT2D eigenvalue weighted by atomic mass is 16.6. The van der Waals surface area contributed by atoms with E-state index in [2.05, 4.69) is 34.6 Å². The smallest absolute Gasteiger partial charge is 0.278 e. The van der Waals surface area contributed by atoms with Crippen molar-refractivity contribution < 1.29 is 4.92 Å². The molecule has 1 aromatic heterocycles. The predicted octanol–water partition coefficient (Wildman–Crippen LogP) is 4.14. The van der Waals surface area contributed by atoms with E-state index in [1.165, 1.54) is 17.5 Å². The number of hydrogen-bond donors (Lipinski definition) is 1. The highest BCUT2D eigenvalue weighted by molar-refractivity contribution is 5.96. The molecule has 1 N–H and O–H groups in total. The van der Waals surface area contributed by atoms with E-state index in [1.807, 2.05) is 0 Å².